The molecule has 12 heteroatoms. The number of nitrogens with zero attached hydrogens (tertiary/aromatic N) is 2. The number of benzene rings is 2. The number of aromatic amines is 2. The molecule has 0 radical (unpaired) electrons. The highest BCUT2D eigenvalue weighted by Crippen LogP contribution is 2.24. The molecule has 0 saturated carbocycles. The van der Waals surface area contributed by atoms with E-state index >= 15 is 0 Å². The number of H-pyrrole nitrogens is 2. The van der Waals surface area contributed by atoms with Gasteiger partial charge in [0, 0.05) is 0 Å². The zero-order valence-corrected chi connectivity index (χ0v) is 23.2. The molecule has 0 saturated heterocycles. The lowest BCUT2D eigenvalue weighted by Gasteiger charge is -2.12. The summed E-state index contributed by atoms with van der Waals surface area (Å²) in [7, 11) is 3.07. The highest BCUT2D eigenvalue weighted by atomic mass is 32.1. The number of hydrogen-bond donors (Lipinski definition) is 4. The molecular weight excluding hydrogens is 552 g/mol. The fourth-order valence-electron chi connectivity index (χ4n) is 3.74. The van der Waals surface area contributed by atoms with Gasteiger partial charge in [-0.15, -0.1) is 5.73 Å². The third-order valence-electron chi connectivity index (χ3n) is 5.85. The summed E-state index contributed by atoms with van der Waals surface area (Å²) in [5.74, 6) is 0.501. The summed E-state index contributed by atoms with van der Waals surface area (Å²) < 4.78 is 13.0. The zero-order valence-electron chi connectivity index (χ0n) is 21.6. The first kappa shape index (κ1) is 28.1. The van der Waals surface area contributed by atoms with E-state index in [9.17, 15) is 19.8 Å². The van der Waals surface area contributed by atoms with Crippen LogP contribution in [-0.4, -0.2) is 43.5 Å². The van der Waals surface area contributed by atoms with Crippen LogP contribution in [0.1, 0.15) is 18.1 Å². The van der Waals surface area contributed by atoms with Gasteiger partial charge in [0.1, 0.15) is 22.6 Å². The fraction of sp³-hybridized carbons (Fsp3) is 0.107. The van der Waals surface area contributed by atoms with Crippen molar-refractivity contribution in [2.75, 3.05) is 14.2 Å². The van der Waals surface area contributed by atoms with Crippen LogP contribution in [0.2, 0.25) is 0 Å². The van der Waals surface area contributed by atoms with Gasteiger partial charge in [0.2, 0.25) is 11.8 Å². The quantitative estimate of drug-likeness (QED) is 0.140. The first-order chi connectivity index (χ1) is 19.1. The minimum absolute atomic E-state index is 0.00969. The molecule has 0 atom stereocenters. The summed E-state index contributed by atoms with van der Waals surface area (Å²) in [6.07, 6.45) is 4.22. The Morgan fingerprint density at radius 3 is 1.68 bits per heavy atom. The monoisotopic (exact) mass is 576 g/mol. The third kappa shape index (κ3) is 5.74. The van der Waals surface area contributed by atoms with E-state index in [1.807, 2.05) is 0 Å². The van der Waals surface area contributed by atoms with Crippen LogP contribution in [0.4, 0.5) is 0 Å². The van der Waals surface area contributed by atoms with Crippen LogP contribution in [0.15, 0.2) is 75.5 Å². The maximum atomic E-state index is 12.6. The average molecular weight is 577 g/mol. The van der Waals surface area contributed by atoms with Crippen molar-refractivity contribution in [3.63, 3.8) is 0 Å². The Morgan fingerprint density at radius 1 is 0.800 bits per heavy atom. The number of rotatable bonds is 7. The Hall–Kier alpha value is -4.90. The minimum atomic E-state index is -0.604. The number of aromatic nitrogens is 4. The van der Waals surface area contributed by atoms with E-state index in [-0.39, 0.29) is 32.4 Å². The van der Waals surface area contributed by atoms with Gasteiger partial charge >= 0.3 is 0 Å². The standard InChI is InChI=1S/C28H24N4O6S2/c1-16(4-14-21-23(33)29-27(39)31(25(21)35)17-6-10-19(37-2)11-7-17)5-15-22-24(34)30-28(40)32(26(22)36)18-8-12-20(38-3)13-9-18/h4,6-15,35-36H,1-3H3,(H,29,33,39)(H,30,34,40). The number of nitrogens with one attached hydrogen (secondary N) is 2. The average Bonchev–Trinajstić information content (AvgIpc) is 2.93. The Kier molecular flexibility index (Phi) is 8.34. The van der Waals surface area contributed by atoms with Crippen LogP contribution in [0.3, 0.4) is 0 Å². The summed E-state index contributed by atoms with van der Waals surface area (Å²) in [6, 6.07) is 13.5. The molecular formula is C28H24N4O6S2. The van der Waals surface area contributed by atoms with E-state index in [1.54, 1.807) is 55.5 Å². The van der Waals surface area contributed by atoms with Gasteiger partial charge in [-0.25, -0.2) is 0 Å². The van der Waals surface area contributed by atoms with Crippen molar-refractivity contribution in [1.82, 2.24) is 19.1 Å². The number of hydrogen-bond acceptors (Lipinski definition) is 8. The Labute approximate surface area is 238 Å². The number of methoxy groups -OCH3 is 2. The zero-order chi connectivity index (χ0) is 29.0. The van der Waals surface area contributed by atoms with Crippen molar-refractivity contribution in [2.45, 2.75) is 6.92 Å². The SMILES string of the molecule is COc1ccc(-n2c(O)c(C=C=C(C)C=Cc3c(O)n(-c4ccc(OC)cc4)c(=S)[nH]c3=O)c(=O)[nH]c2=S)cc1. The van der Waals surface area contributed by atoms with Gasteiger partial charge in [-0.05, 0) is 97.6 Å². The summed E-state index contributed by atoms with van der Waals surface area (Å²) in [6.45, 7) is 1.67. The topological polar surface area (TPSA) is 134 Å². The van der Waals surface area contributed by atoms with Gasteiger partial charge in [0.05, 0.1) is 25.6 Å². The lowest BCUT2D eigenvalue weighted by Crippen LogP contribution is -2.16. The van der Waals surface area contributed by atoms with Crippen LogP contribution in [-0.2, 0) is 0 Å². The first-order valence-corrected chi connectivity index (χ1v) is 12.5. The largest absolute Gasteiger partial charge is 0.497 e. The summed E-state index contributed by atoms with van der Waals surface area (Å²) >= 11 is 10.5. The van der Waals surface area contributed by atoms with Gasteiger partial charge in [0.15, 0.2) is 9.54 Å². The molecule has 2 aromatic carbocycles. The van der Waals surface area contributed by atoms with Gasteiger partial charge in [-0.1, -0.05) is 6.08 Å². The van der Waals surface area contributed by atoms with E-state index in [0.717, 1.165) is 0 Å². The van der Waals surface area contributed by atoms with Gasteiger partial charge in [-0.3, -0.25) is 28.7 Å². The lowest BCUT2D eigenvalue weighted by atomic mass is 10.2. The molecule has 40 heavy (non-hydrogen) atoms. The molecule has 0 aliphatic carbocycles. The molecule has 10 nitrogen and oxygen atoms in total. The second kappa shape index (κ2) is 11.9. The van der Waals surface area contributed by atoms with E-state index in [4.69, 9.17) is 33.9 Å². The van der Waals surface area contributed by atoms with E-state index in [1.165, 1.54) is 41.6 Å². The predicted octanol–water partition coefficient (Wildman–Crippen LogP) is 4.80. The molecule has 0 spiro atoms. The van der Waals surface area contributed by atoms with Crippen molar-refractivity contribution >= 4 is 36.6 Å². The summed E-state index contributed by atoms with van der Waals surface area (Å²) in [5, 5.41) is 21.7. The number of ether oxygens (including phenoxy) is 2. The third-order valence-corrected chi connectivity index (χ3v) is 6.42. The van der Waals surface area contributed by atoms with Gasteiger partial charge in [0.25, 0.3) is 11.1 Å². The molecule has 2 heterocycles. The number of aromatic hydroxyl groups is 2. The van der Waals surface area contributed by atoms with Crippen LogP contribution in [0.5, 0.6) is 23.3 Å². The summed E-state index contributed by atoms with van der Waals surface area (Å²) in [5.41, 5.74) is 3.10. The molecule has 204 valence electrons. The molecule has 0 bridgehead atoms. The van der Waals surface area contributed by atoms with Crippen molar-refractivity contribution in [3.05, 3.63) is 107 Å². The van der Waals surface area contributed by atoms with Crippen molar-refractivity contribution < 1.29 is 19.7 Å². The Morgan fingerprint density at radius 2 is 1.23 bits per heavy atom. The number of allylic oxidation sites excluding steroid dienone is 2. The van der Waals surface area contributed by atoms with Crippen LogP contribution in [0, 0.1) is 9.54 Å². The van der Waals surface area contributed by atoms with Crippen molar-refractivity contribution in [3.8, 4) is 34.6 Å². The molecule has 2 aromatic heterocycles. The molecule has 4 rings (SSSR count). The predicted molar refractivity (Wildman–Crippen MR) is 157 cm³/mol. The van der Waals surface area contributed by atoms with Crippen molar-refractivity contribution in [1.29, 1.82) is 0 Å². The first-order valence-electron chi connectivity index (χ1n) is 11.7. The van der Waals surface area contributed by atoms with Crippen molar-refractivity contribution in [2.24, 2.45) is 0 Å². The molecule has 4 aromatic rings. The normalized spacial score (nSPS) is 10.8. The summed E-state index contributed by atoms with van der Waals surface area (Å²) in [4.78, 5) is 30.2. The van der Waals surface area contributed by atoms with Crippen LogP contribution < -0.4 is 20.6 Å². The van der Waals surface area contributed by atoms with Gasteiger partial charge < -0.3 is 19.7 Å². The lowest BCUT2D eigenvalue weighted by molar-refractivity contribution is 0.414. The Balaban J connectivity index is 1.72. The second-order valence-electron chi connectivity index (χ2n) is 8.37. The van der Waals surface area contributed by atoms with Crippen LogP contribution >= 0.6 is 24.4 Å². The van der Waals surface area contributed by atoms with Crippen LogP contribution in [0.25, 0.3) is 23.5 Å². The highest BCUT2D eigenvalue weighted by molar-refractivity contribution is 7.71. The van der Waals surface area contributed by atoms with E-state index < -0.39 is 11.1 Å². The molecule has 4 N–H and O–H groups in total. The van der Waals surface area contributed by atoms with E-state index in [0.29, 0.717) is 28.4 Å². The maximum absolute atomic E-state index is 12.6. The van der Waals surface area contributed by atoms with Gasteiger partial charge in [-0.2, -0.15) is 0 Å². The fourth-order valence-corrected chi connectivity index (χ4v) is 4.31. The minimum Gasteiger partial charge on any atom is -0.497 e. The maximum Gasteiger partial charge on any atom is 0.263 e. The second-order valence-corrected chi connectivity index (χ2v) is 9.14. The molecule has 0 aliphatic heterocycles. The highest BCUT2D eigenvalue weighted by Gasteiger charge is 2.13. The Bertz CT molecular complexity index is 1910. The smallest absolute Gasteiger partial charge is 0.263 e. The molecule has 0 unspecified atom stereocenters. The molecule has 0 amide bonds. The van der Waals surface area contributed by atoms with E-state index in [2.05, 4.69) is 15.7 Å². The molecule has 0 fully saturated rings. The molecule has 0 aliphatic rings.